The molecule has 3 heterocycles. The van der Waals surface area contributed by atoms with Gasteiger partial charge < -0.3 is 4.90 Å². The van der Waals surface area contributed by atoms with Crippen molar-refractivity contribution < 1.29 is 18.0 Å². The number of nitrogens with zero attached hydrogens (tertiary/aromatic N) is 5. The van der Waals surface area contributed by atoms with Crippen LogP contribution in [0.25, 0.3) is 17.1 Å². The normalized spacial score (nSPS) is 17.4. The minimum atomic E-state index is -4.49. The fourth-order valence-corrected chi connectivity index (χ4v) is 4.83. The van der Waals surface area contributed by atoms with E-state index in [9.17, 15) is 22.8 Å². The van der Waals surface area contributed by atoms with Gasteiger partial charge >= 0.3 is 11.9 Å². The smallest absolute Gasteiger partial charge is 0.342 e. The summed E-state index contributed by atoms with van der Waals surface area (Å²) in [6.07, 6.45) is 2.52. The second kappa shape index (κ2) is 9.14. The van der Waals surface area contributed by atoms with Gasteiger partial charge in [-0.2, -0.15) is 13.2 Å². The summed E-state index contributed by atoms with van der Waals surface area (Å²) in [6.45, 7) is 1.07. The predicted molar refractivity (Wildman–Crippen MR) is 123 cm³/mol. The van der Waals surface area contributed by atoms with Crippen LogP contribution in [0, 0.1) is 5.92 Å². The second-order valence-corrected chi connectivity index (χ2v) is 9.38. The Morgan fingerprint density at radius 3 is 2.29 bits per heavy atom. The lowest BCUT2D eigenvalue weighted by Gasteiger charge is -2.36. The number of hydrogen-bond donors (Lipinski definition) is 0. The van der Waals surface area contributed by atoms with E-state index < -0.39 is 17.4 Å². The molecule has 0 spiro atoms. The molecule has 2 aromatic heterocycles. The molecule has 35 heavy (non-hydrogen) atoms. The summed E-state index contributed by atoms with van der Waals surface area (Å²) in [5.41, 5.74) is -0.602. The van der Waals surface area contributed by atoms with E-state index in [1.165, 1.54) is 33.8 Å². The van der Waals surface area contributed by atoms with Crippen LogP contribution < -0.4 is 5.69 Å². The highest BCUT2D eigenvalue weighted by atomic mass is 35.5. The zero-order valence-corrected chi connectivity index (χ0v) is 19.5. The molecule has 0 bridgehead atoms. The average Bonchev–Trinajstić information content (AvgIpc) is 3.14. The fraction of sp³-hybridized carbons (Fsp3) is 0.417. The van der Waals surface area contributed by atoms with Crippen LogP contribution in [0.2, 0.25) is 5.02 Å². The van der Waals surface area contributed by atoms with E-state index in [1.54, 1.807) is 6.07 Å². The first-order valence-corrected chi connectivity index (χ1v) is 11.9. The number of amides is 1. The fourth-order valence-electron chi connectivity index (χ4n) is 4.63. The molecular formula is C24H23ClF3N5O2. The molecule has 1 amide bonds. The molecule has 5 rings (SSSR count). The number of carbonyl (C=O) groups excluding carboxylic acids is 1. The number of carbonyl (C=O) groups is 1. The van der Waals surface area contributed by atoms with Crippen molar-refractivity contribution in [1.29, 1.82) is 0 Å². The van der Waals surface area contributed by atoms with Crippen LogP contribution in [0.4, 0.5) is 13.2 Å². The maximum absolute atomic E-state index is 13.5. The summed E-state index contributed by atoms with van der Waals surface area (Å²) in [5, 5.41) is 4.84. The van der Waals surface area contributed by atoms with E-state index in [0.717, 1.165) is 31.4 Å². The van der Waals surface area contributed by atoms with Crippen molar-refractivity contribution in [3.8, 4) is 17.1 Å². The molecule has 0 unspecified atom stereocenters. The molecule has 11 heteroatoms. The molecule has 3 aromatic rings. The van der Waals surface area contributed by atoms with Crippen LogP contribution in [0.15, 0.2) is 47.5 Å². The van der Waals surface area contributed by atoms with Gasteiger partial charge in [-0.15, -0.1) is 5.10 Å². The standard InChI is InChI=1S/C24H23ClF3N5O2/c25-20-14-29-11-8-19(20)21-30-33(18-9-12-31(13-10-18)22(34)15-2-1-3-15)23(35)32(21)17-6-4-16(5-7-17)24(26,27)28/h4-8,11,14-15,18H,1-3,9-10,12-13H2. The molecule has 0 N–H and O–H groups in total. The molecule has 2 aliphatic rings. The monoisotopic (exact) mass is 505 g/mol. The highest BCUT2D eigenvalue weighted by Gasteiger charge is 2.34. The van der Waals surface area contributed by atoms with Gasteiger partial charge in [0.15, 0.2) is 5.82 Å². The Bertz CT molecular complexity index is 1290. The van der Waals surface area contributed by atoms with Gasteiger partial charge in [0.2, 0.25) is 5.91 Å². The van der Waals surface area contributed by atoms with Crippen molar-refractivity contribution in [2.45, 2.75) is 44.3 Å². The van der Waals surface area contributed by atoms with Crippen LogP contribution in [-0.2, 0) is 11.0 Å². The zero-order chi connectivity index (χ0) is 24.7. The number of hydrogen-bond acceptors (Lipinski definition) is 4. The summed E-state index contributed by atoms with van der Waals surface area (Å²) in [7, 11) is 0. The lowest BCUT2D eigenvalue weighted by molar-refractivity contribution is -0.139. The van der Waals surface area contributed by atoms with E-state index in [0.29, 0.717) is 31.5 Å². The molecule has 1 aliphatic carbocycles. The number of pyridine rings is 1. The first kappa shape index (κ1) is 23.6. The lowest BCUT2D eigenvalue weighted by Crippen LogP contribution is -2.45. The van der Waals surface area contributed by atoms with Gasteiger partial charge in [-0.25, -0.2) is 14.0 Å². The van der Waals surface area contributed by atoms with Crippen LogP contribution in [-0.4, -0.2) is 43.2 Å². The Morgan fingerprint density at radius 1 is 1.03 bits per heavy atom. The SMILES string of the molecule is O=C(C1CCC1)N1CCC(n2nc(-c3ccncc3Cl)n(-c3ccc(C(F)(F)F)cc3)c2=O)CC1. The van der Waals surface area contributed by atoms with Crippen LogP contribution in [0.1, 0.15) is 43.7 Å². The molecule has 184 valence electrons. The maximum Gasteiger partial charge on any atom is 0.416 e. The first-order chi connectivity index (χ1) is 16.7. The van der Waals surface area contributed by atoms with E-state index in [2.05, 4.69) is 10.1 Å². The van der Waals surface area contributed by atoms with Crippen molar-refractivity contribution in [1.82, 2.24) is 24.2 Å². The Balaban J connectivity index is 1.50. The number of piperidine rings is 1. The van der Waals surface area contributed by atoms with E-state index in [4.69, 9.17) is 11.6 Å². The highest BCUT2D eigenvalue weighted by Crippen LogP contribution is 2.33. The van der Waals surface area contributed by atoms with Crippen molar-refractivity contribution >= 4 is 17.5 Å². The van der Waals surface area contributed by atoms with Crippen LogP contribution in [0.5, 0.6) is 0 Å². The van der Waals surface area contributed by atoms with Gasteiger partial charge in [-0.3, -0.25) is 9.78 Å². The van der Waals surface area contributed by atoms with Crippen molar-refractivity contribution in [2.24, 2.45) is 5.92 Å². The maximum atomic E-state index is 13.5. The third-order valence-electron chi connectivity index (χ3n) is 6.84. The van der Waals surface area contributed by atoms with Gasteiger partial charge in [-0.1, -0.05) is 18.0 Å². The molecular weight excluding hydrogens is 483 g/mol. The number of aromatic nitrogens is 4. The topological polar surface area (TPSA) is 73.0 Å². The molecule has 1 saturated heterocycles. The predicted octanol–water partition coefficient (Wildman–Crippen LogP) is 4.73. The Kier molecular flexibility index (Phi) is 6.16. The molecule has 1 saturated carbocycles. The number of alkyl halides is 3. The highest BCUT2D eigenvalue weighted by molar-refractivity contribution is 6.33. The summed E-state index contributed by atoms with van der Waals surface area (Å²) in [4.78, 5) is 32.0. The Hall–Kier alpha value is -3.14. The van der Waals surface area contributed by atoms with Gasteiger partial charge in [0.1, 0.15) is 0 Å². The molecule has 1 aromatic carbocycles. The quantitative estimate of drug-likeness (QED) is 0.514. The Labute approximate surface area is 204 Å². The van der Waals surface area contributed by atoms with Crippen molar-refractivity contribution in [3.05, 3.63) is 63.8 Å². The zero-order valence-electron chi connectivity index (χ0n) is 18.7. The third-order valence-corrected chi connectivity index (χ3v) is 7.15. The average molecular weight is 506 g/mol. The number of likely N-dealkylation sites (tertiary alicyclic amines) is 1. The summed E-state index contributed by atoms with van der Waals surface area (Å²) < 4.78 is 41.9. The van der Waals surface area contributed by atoms with Crippen molar-refractivity contribution in [3.63, 3.8) is 0 Å². The lowest BCUT2D eigenvalue weighted by atomic mass is 9.84. The van der Waals surface area contributed by atoms with E-state index in [-0.39, 0.29) is 34.4 Å². The number of benzene rings is 1. The first-order valence-electron chi connectivity index (χ1n) is 11.5. The van der Waals surface area contributed by atoms with Crippen LogP contribution in [0.3, 0.4) is 0 Å². The van der Waals surface area contributed by atoms with Gasteiger partial charge in [-0.05, 0) is 56.0 Å². The van der Waals surface area contributed by atoms with Crippen molar-refractivity contribution in [2.75, 3.05) is 13.1 Å². The molecule has 2 fully saturated rings. The van der Waals surface area contributed by atoms with Crippen LogP contribution >= 0.6 is 11.6 Å². The molecule has 1 aliphatic heterocycles. The Morgan fingerprint density at radius 2 is 1.71 bits per heavy atom. The minimum absolute atomic E-state index is 0.119. The van der Waals surface area contributed by atoms with Gasteiger partial charge in [0.05, 0.1) is 22.3 Å². The molecule has 0 atom stereocenters. The minimum Gasteiger partial charge on any atom is -0.342 e. The third kappa shape index (κ3) is 4.47. The van der Waals surface area contributed by atoms with E-state index >= 15 is 0 Å². The number of halogens is 4. The molecule has 0 radical (unpaired) electrons. The summed E-state index contributed by atoms with van der Waals surface area (Å²) >= 11 is 6.33. The summed E-state index contributed by atoms with van der Waals surface area (Å²) in [5.74, 6) is 0.519. The van der Waals surface area contributed by atoms with Gasteiger partial charge in [0, 0.05) is 37.0 Å². The molecule has 7 nitrogen and oxygen atoms in total. The van der Waals surface area contributed by atoms with E-state index in [1.807, 2.05) is 4.90 Å². The second-order valence-electron chi connectivity index (χ2n) is 8.97. The number of rotatable bonds is 4. The largest absolute Gasteiger partial charge is 0.416 e. The summed E-state index contributed by atoms with van der Waals surface area (Å²) in [6, 6.07) is 5.71. The van der Waals surface area contributed by atoms with Gasteiger partial charge in [0.25, 0.3) is 0 Å².